The first kappa shape index (κ1) is 37.3. The van der Waals surface area contributed by atoms with Gasteiger partial charge in [0.15, 0.2) is 0 Å². The molecule has 5 rings (SSSR count). The third-order valence-electron chi connectivity index (χ3n) is 9.64. The Morgan fingerprint density at radius 2 is 1.41 bits per heavy atom. The van der Waals surface area contributed by atoms with Gasteiger partial charge in [0, 0.05) is 43.7 Å². The number of methoxy groups -OCH3 is 1. The number of ether oxygens (including phenoxy) is 1. The number of aromatic nitrogens is 2. The third kappa shape index (κ3) is 10.5. The topological polar surface area (TPSA) is 123 Å². The standard InChI is InChI=1S/C43H54N6O2/c1-3-4-5-6-7-8-9-10-26-49-40-24-23-37(28-39(40)47-41(49)25-20-32-18-21-36(22-19-32)42(45)46)43(50)48(30-34-16-14-33(29-44)15-17-34)31-35-12-11-13-38(27-35)51-2/h11-19,21-24,27-28H,3-10,20,25-26,29-31,44H2,1-2H3,(H3,45,46). The smallest absolute Gasteiger partial charge is 0.254 e. The molecule has 1 heterocycles. The van der Waals surface area contributed by atoms with Gasteiger partial charge in [0.1, 0.15) is 17.4 Å². The molecule has 8 heteroatoms. The molecule has 0 unspecified atom stereocenters. The highest BCUT2D eigenvalue weighted by Gasteiger charge is 2.20. The van der Waals surface area contributed by atoms with Crippen molar-refractivity contribution in [2.45, 2.75) is 97.3 Å². The summed E-state index contributed by atoms with van der Waals surface area (Å²) in [5.41, 5.74) is 19.0. The lowest BCUT2D eigenvalue weighted by Crippen LogP contribution is -2.30. The summed E-state index contributed by atoms with van der Waals surface area (Å²) in [5.74, 6) is 1.82. The van der Waals surface area contributed by atoms with Crippen molar-refractivity contribution >= 4 is 22.8 Å². The van der Waals surface area contributed by atoms with Crippen molar-refractivity contribution in [3.8, 4) is 5.75 Å². The summed E-state index contributed by atoms with van der Waals surface area (Å²) in [6.07, 6.45) is 11.7. The van der Waals surface area contributed by atoms with E-state index in [1.807, 2.05) is 89.8 Å². The lowest BCUT2D eigenvalue weighted by Gasteiger charge is -2.24. The Balaban J connectivity index is 1.39. The number of hydrogen-bond acceptors (Lipinski definition) is 5. The minimum atomic E-state index is -0.0487. The summed E-state index contributed by atoms with van der Waals surface area (Å²) in [6.45, 7) is 4.53. The van der Waals surface area contributed by atoms with Crippen molar-refractivity contribution in [3.63, 3.8) is 0 Å². The predicted molar refractivity (Wildman–Crippen MR) is 208 cm³/mol. The average Bonchev–Trinajstić information content (AvgIpc) is 3.51. The number of carbonyl (C=O) groups excluding carboxylic acids is 1. The number of hydrogen-bond donors (Lipinski definition) is 3. The highest BCUT2D eigenvalue weighted by Crippen LogP contribution is 2.24. The van der Waals surface area contributed by atoms with E-state index in [0.29, 0.717) is 25.2 Å². The van der Waals surface area contributed by atoms with E-state index in [9.17, 15) is 4.79 Å². The predicted octanol–water partition coefficient (Wildman–Crippen LogP) is 8.56. The quantitative estimate of drug-likeness (QED) is 0.0430. The molecule has 1 aromatic heterocycles. The number of benzene rings is 4. The number of amidine groups is 1. The van der Waals surface area contributed by atoms with Gasteiger partial charge in [-0.3, -0.25) is 10.2 Å². The zero-order valence-corrected chi connectivity index (χ0v) is 30.4. The lowest BCUT2D eigenvalue weighted by molar-refractivity contribution is 0.0730. The van der Waals surface area contributed by atoms with Crippen LogP contribution in [0.3, 0.4) is 0 Å². The van der Waals surface area contributed by atoms with Crippen molar-refractivity contribution in [3.05, 3.63) is 130 Å². The lowest BCUT2D eigenvalue weighted by atomic mass is 10.1. The third-order valence-corrected chi connectivity index (χ3v) is 9.64. The van der Waals surface area contributed by atoms with Gasteiger partial charge in [0.05, 0.1) is 18.1 Å². The largest absolute Gasteiger partial charge is 0.497 e. The first-order valence-electron chi connectivity index (χ1n) is 18.5. The monoisotopic (exact) mass is 686 g/mol. The van der Waals surface area contributed by atoms with Crippen LogP contribution in [0.15, 0.2) is 91.0 Å². The number of amides is 1. The summed E-state index contributed by atoms with van der Waals surface area (Å²) in [4.78, 5) is 21.3. The van der Waals surface area contributed by atoms with Crippen LogP contribution in [0, 0.1) is 5.41 Å². The van der Waals surface area contributed by atoms with E-state index in [-0.39, 0.29) is 11.7 Å². The molecule has 0 aliphatic carbocycles. The molecule has 5 aromatic rings. The maximum absolute atomic E-state index is 14.3. The zero-order valence-electron chi connectivity index (χ0n) is 30.4. The first-order valence-corrected chi connectivity index (χ1v) is 18.5. The fraction of sp³-hybridized carbons (Fsp3) is 0.372. The number of nitrogens with zero attached hydrogens (tertiary/aromatic N) is 3. The Morgan fingerprint density at radius 3 is 2.10 bits per heavy atom. The number of nitrogen functional groups attached to an aromatic ring is 1. The number of unbranched alkanes of at least 4 members (excludes halogenated alkanes) is 7. The molecular weight excluding hydrogens is 633 g/mol. The molecule has 4 aromatic carbocycles. The molecule has 0 aliphatic rings. The number of carbonyl (C=O) groups is 1. The first-order chi connectivity index (χ1) is 24.9. The molecule has 0 aliphatic heterocycles. The van der Waals surface area contributed by atoms with Crippen LogP contribution in [0.25, 0.3) is 11.0 Å². The molecule has 0 radical (unpaired) electrons. The Kier molecular flexibility index (Phi) is 13.8. The number of nitrogens with two attached hydrogens (primary N) is 2. The average molecular weight is 687 g/mol. The summed E-state index contributed by atoms with van der Waals surface area (Å²) in [7, 11) is 1.66. The minimum Gasteiger partial charge on any atom is -0.497 e. The van der Waals surface area contributed by atoms with Crippen LogP contribution < -0.4 is 16.2 Å². The van der Waals surface area contributed by atoms with Gasteiger partial charge in [0.25, 0.3) is 5.91 Å². The Hall–Kier alpha value is -4.95. The van der Waals surface area contributed by atoms with Gasteiger partial charge >= 0.3 is 0 Å². The molecule has 0 bridgehead atoms. The van der Waals surface area contributed by atoms with Crippen LogP contribution in [-0.2, 0) is 39.0 Å². The van der Waals surface area contributed by atoms with E-state index >= 15 is 0 Å². The molecule has 268 valence electrons. The molecule has 0 fully saturated rings. The van der Waals surface area contributed by atoms with Gasteiger partial charge in [-0.05, 0) is 65.4 Å². The van der Waals surface area contributed by atoms with Crippen molar-refractivity contribution in [1.29, 1.82) is 5.41 Å². The zero-order chi connectivity index (χ0) is 36.0. The van der Waals surface area contributed by atoms with Gasteiger partial charge in [-0.1, -0.05) is 113 Å². The van der Waals surface area contributed by atoms with Crippen molar-refractivity contribution in [2.24, 2.45) is 11.5 Å². The van der Waals surface area contributed by atoms with Gasteiger partial charge < -0.3 is 25.7 Å². The number of nitrogens with one attached hydrogen (secondary N) is 1. The number of imidazole rings is 1. The van der Waals surface area contributed by atoms with E-state index in [1.54, 1.807) is 7.11 Å². The van der Waals surface area contributed by atoms with Gasteiger partial charge in [-0.2, -0.15) is 0 Å². The van der Waals surface area contributed by atoms with E-state index in [4.69, 9.17) is 26.6 Å². The maximum Gasteiger partial charge on any atom is 0.254 e. The van der Waals surface area contributed by atoms with Crippen LogP contribution in [0.2, 0.25) is 0 Å². The number of rotatable bonds is 20. The normalized spacial score (nSPS) is 11.2. The van der Waals surface area contributed by atoms with E-state index in [1.165, 1.54) is 50.5 Å². The Bertz CT molecular complexity index is 1860. The van der Waals surface area contributed by atoms with E-state index in [2.05, 4.69) is 17.6 Å². The summed E-state index contributed by atoms with van der Waals surface area (Å²) >= 11 is 0. The fourth-order valence-electron chi connectivity index (χ4n) is 6.64. The Labute approximate surface area is 303 Å². The van der Waals surface area contributed by atoms with Gasteiger partial charge in [0.2, 0.25) is 0 Å². The van der Waals surface area contributed by atoms with Crippen molar-refractivity contribution < 1.29 is 9.53 Å². The maximum atomic E-state index is 14.3. The van der Waals surface area contributed by atoms with Crippen LogP contribution in [0.5, 0.6) is 5.75 Å². The molecular formula is C43H54N6O2. The van der Waals surface area contributed by atoms with Crippen LogP contribution in [0.4, 0.5) is 0 Å². The summed E-state index contributed by atoms with van der Waals surface area (Å²) in [5, 5.41) is 7.71. The molecule has 8 nitrogen and oxygen atoms in total. The molecule has 0 atom stereocenters. The second-order valence-corrected chi connectivity index (χ2v) is 13.5. The molecule has 5 N–H and O–H groups in total. The van der Waals surface area contributed by atoms with Gasteiger partial charge in [-0.25, -0.2) is 4.98 Å². The summed E-state index contributed by atoms with van der Waals surface area (Å²) in [6, 6.07) is 29.9. The SMILES string of the molecule is CCCCCCCCCCn1c(CCc2ccc(C(=N)N)cc2)nc2cc(C(=O)N(Cc3ccc(CN)cc3)Cc3cccc(OC)c3)ccc21. The molecule has 0 saturated carbocycles. The van der Waals surface area contributed by atoms with Crippen LogP contribution >= 0.6 is 0 Å². The van der Waals surface area contributed by atoms with Crippen molar-refractivity contribution in [2.75, 3.05) is 7.11 Å². The summed E-state index contributed by atoms with van der Waals surface area (Å²) < 4.78 is 7.83. The number of fused-ring (bicyclic) bond motifs is 1. The second kappa shape index (κ2) is 18.9. The molecule has 0 spiro atoms. The highest BCUT2D eigenvalue weighted by molar-refractivity contribution is 5.97. The number of aryl methyl sites for hydroxylation is 3. The van der Waals surface area contributed by atoms with E-state index in [0.717, 1.165) is 70.7 Å². The van der Waals surface area contributed by atoms with Gasteiger partial charge in [-0.15, -0.1) is 0 Å². The fourth-order valence-corrected chi connectivity index (χ4v) is 6.64. The van der Waals surface area contributed by atoms with Crippen LogP contribution in [0.1, 0.15) is 102 Å². The molecule has 1 amide bonds. The second-order valence-electron chi connectivity index (χ2n) is 13.5. The highest BCUT2D eigenvalue weighted by atomic mass is 16.5. The molecule has 51 heavy (non-hydrogen) atoms. The minimum absolute atomic E-state index is 0.0487. The van der Waals surface area contributed by atoms with Crippen LogP contribution in [-0.4, -0.2) is 33.3 Å². The van der Waals surface area contributed by atoms with E-state index < -0.39 is 0 Å². The molecule has 0 saturated heterocycles. The Morgan fingerprint density at radius 1 is 0.765 bits per heavy atom. The van der Waals surface area contributed by atoms with Crippen molar-refractivity contribution in [1.82, 2.24) is 14.5 Å².